The summed E-state index contributed by atoms with van der Waals surface area (Å²) in [7, 11) is 0. The lowest BCUT2D eigenvalue weighted by molar-refractivity contribution is -0.139. The normalized spacial score (nSPS) is 11.2. The monoisotopic (exact) mass is 376 g/mol. The summed E-state index contributed by atoms with van der Waals surface area (Å²) < 4.78 is 45.2. The van der Waals surface area contributed by atoms with Crippen molar-refractivity contribution in [3.8, 4) is 5.75 Å². The van der Waals surface area contributed by atoms with Crippen LogP contribution in [-0.4, -0.2) is 27.3 Å². The largest absolute Gasteiger partial charge is 0.483 e. The van der Waals surface area contributed by atoms with E-state index in [4.69, 9.17) is 4.74 Å². The average Bonchev–Trinajstić information content (AvgIpc) is 3.07. The van der Waals surface area contributed by atoms with E-state index in [0.29, 0.717) is 6.54 Å². The van der Waals surface area contributed by atoms with E-state index in [1.807, 2.05) is 30.3 Å². The fraction of sp³-hybridized carbons (Fsp3) is 0.167. The van der Waals surface area contributed by atoms with Gasteiger partial charge in [-0.2, -0.15) is 13.2 Å². The van der Waals surface area contributed by atoms with Gasteiger partial charge in [0, 0.05) is 0 Å². The Labute approximate surface area is 152 Å². The second-order valence-corrected chi connectivity index (χ2v) is 5.58. The van der Waals surface area contributed by atoms with Crippen LogP contribution in [0.3, 0.4) is 0 Å². The number of nitrogens with one attached hydrogen (secondary N) is 1. The second-order valence-electron chi connectivity index (χ2n) is 5.58. The molecular weight excluding hydrogens is 361 g/mol. The van der Waals surface area contributed by atoms with E-state index in [1.54, 1.807) is 0 Å². The highest BCUT2D eigenvalue weighted by molar-refractivity contribution is 5.90. The molecule has 2 aromatic carbocycles. The third-order valence-corrected chi connectivity index (χ3v) is 3.53. The van der Waals surface area contributed by atoms with Crippen molar-refractivity contribution in [2.45, 2.75) is 12.7 Å². The summed E-state index contributed by atoms with van der Waals surface area (Å²) in [4.78, 5) is 15.9. The summed E-state index contributed by atoms with van der Waals surface area (Å²) in [6.45, 7) is -0.126. The summed E-state index contributed by atoms with van der Waals surface area (Å²) in [5.74, 6) is -1.03. The van der Waals surface area contributed by atoms with Crippen LogP contribution in [0.1, 0.15) is 11.1 Å². The molecule has 0 atom stereocenters. The van der Waals surface area contributed by atoms with E-state index in [1.165, 1.54) is 23.1 Å². The maximum atomic E-state index is 12.9. The first-order valence-electron chi connectivity index (χ1n) is 7.94. The Morgan fingerprint density at radius 2 is 1.78 bits per heavy atom. The number of aromatic nitrogens is 3. The minimum absolute atomic E-state index is 0.0450. The number of halogens is 3. The van der Waals surface area contributed by atoms with Crippen LogP contribution in [0.2, 0.25) is 0 Å². The molecule has 1 N–H and O–H groups in total. The van der Waals surface area contributed by atoms with Crippen LogP contribution in [-0.2, 0) is 17.5 Å². The molecule has 0 unspecified atom stereocenters. The van der Waals surface area contributed by atoms with Gasteiger partial charge in [-0.05, 0) is 17.7 Å². The number of rotatable bonds is 6. The highest BCUT2D eigenvalue weighted by Gasteiger charge is 2.34. The smallest absolute Gasteiger partial charge is 0.419 e. The van der Waals surface area contributed by atoms with Gasteiger partial charge < -0.3 is 4.74 Å². The molecule has 1 aromatic heterocycles. The molecule has 6 nitrogen and oxygen atoms in total. The summed E-state index contributed by atoms with van der Waals surface area (Å²) in [6.07, 6.45) is -3.12. The van der Waals surface area contributed by atoms with Gasteiger partial charge in [0.15, 0.2) is 6.61 Å². The number of hydrogen-bond acceptors (Lipinski definition) is 4. The number of nitrogens with zero attached hydrogens (tertiary/aromatic N) is 3. The minimum Gasteiger partial charge on any atom is -0.483 e. The molecule has 27 heavy (non-hydrogen) atoms. The van der Waals surface area contributed by atoms with Crippen molar-refractivity contribution < 1.29 is 22.7 Å². The van der Waals surface area contributed by atoms with Crippen LogP contribution in [0.5, 0.6) is 5.75 Å². The number of para-hydroxylation sites is 1. The van der Waals surface area contributed by atoms with Crippen molar-refractivity contribution >= 4 is 11.9 Å². The van der Waals surface area contributed by atoms with Crippen molar-refractivity contribution in [1.29, 1.82) is 0 Å². The molecule has 0 aliphatic heterocycles. The van der Waals surface area contributed by atoms with Crippen molar-refractivity contribution in [3.05, 3.63) is 72.1 Å². The molecule has 0 aliphatic rings. The molecule has 0 saturated carbocycles. The third kappa shape index (κ3) is 5.06. The second kappa shape index (κ2) is 7.90. The van der Waals surface area contributed by atoms with Gasteiger partial charge in [0.2, 0.25) is 5.95 Å². The predicted octanol–water partition coefficient (Wildman–Crippen LogP) is 3.36. The minimum atomic E-state index is -4.56. The van der Waals surface area contributed by atoms with Gasteiger partial charge in [0.1, 0.15) is 12.1 Å². The lowest BCUT2D eigenvalue weighted by atomic mass is 10.2. The van der Waals surface area contributed by atoms with Crippen molar-refractivity contribution in [1.82, 2.24) is 14.8 Å². The number of carbonyl (C=O) groups is 1. The molecule has 140 valence electrons. The van der Waals surface area contributed by atoms with Gasteiger partial charge >= 0.3 is 6.18 Å². The lowest BCUT2D eigenvalue weighted by Crippen LogP contribution is -2.22. The molecule has 0 spiro atoms. The van der Waals surface area contributed by atoms with Gasteiger partial charge in [0.05, 0.1) is 12.1 Å². The van der Waals surface area contributed by atoms with E-state index in [-0.39, 0.29) is 5.95 Å². The van der Waals surface area contributed by atoms with Gasteiger partial charge in [-0.3, -0.25) is 10.1 Å². The Balaban J connectivity index is 1.56. The molecule has 0 aliphatic carbocycles. The molecule has 0 bridgehead atoms. The van der Waals surface area contributed by atoms with Crippen LogP contribution in [0.25, 0.3) is 0 Å². The Hall–Kier alpha value is -3.36. The van der Waals surface area contributed by atoms with Crippen LogP contribution in [0.15, 0.2) is 60.9 Å². The molecule has 0 fully saturated rings. The Bertz CT molecular complexity index is 910. The zero-order valence-corrected chi connectivity index (χ0v) is 14.0. The summed E-state index contributed by atoms with van der Waals surface area (Å²) in [6, 6.07) is 14.2. The van der Waals surface area contributed by atoms with Crippen molar-refractivity contribution in [3.63, 3.8) is 0 Å². The maximum Gasteiger partial charge on any atom is 0.419 e. The number of carbonyl (C=O) groups excluding carboxylic acids is 1. The van der Waals surface area contributed by atoms with Crippen molar-refractivity contribution in [2.75, 3.05) is 11.9 Å². The Morgan fingerprint density at radius 1 is 1.07 bits per heavy atom. The van der Waals surface area contributed by atoms with Gasteiger partial charge in [0.25, 0.3) is 5.91 Å². The van der Waals surface area contributed by atoms with Crippen LogP contribution >= 0.6 is 0 Å². The molecule has 0 saturated heterocycles. The van der Waals surface area contributed by atoms with E-state index in [0.717, 1.165) is 17.7 Å². The summed E-state index contributed by atoms with van der Waals surface area (Å²) >= 11 is 0. The molecule has 1 amide bonds. The molecule has 1 heterocycles. The van der Waals surface area contributed by atoms with E-state index < -0.39 is 30.0 Å². The van der Waals surface area contributed by atoms with E-state index in [9.17, 15) is 18.0 Å². The third-order valence-electron chi connectivity index (χ3n) is 3.53. The lowest BCUT2D eigenvalue weighted by Gasteiger charge is -2.13. The SMILES string of the molecule is O=C(COc1ccccc1C(F)(F)F)Nc1ncn(Cc2ccccc2)n1. The number of anilines is 1. The quantitative estimate of drug-likeness (QED) is 0.716. The van der Waals surface area contributed by atoms with Crippen LogP contribution in [0.4, 0.5) is 19.1 Å². The molecule has 3 rings (SSSR count). The fourth-order valence-electron chi connectivity index (χ4n) is 2.33. The summed E-state index contributed by atoms with van der Waals surface area (Å²) in [5, 5.41) is 6.48. The highest BCUT2D eigenvalue weighted by atomic mass is 19.4. The van der Waals surface area contributed by atoms with Crippen molar-refractivity contribution in [2.24, 2.45) is 0 Å². The Morgan fingerprint density at radius 3 is 2.52 bits per heavy atom. The van der Waals surface area contributed by atoms with E-state index >= 15 is 0 Å². The van der Waals surface area contributed by atoms with E-state index in [2.05, 4.69) is 15.4 Å². The predicted molar refractivity (Wildman–Crippen MR) is 91.1 cm³/mol. The molecule has 9 heteroatoms. The topological polar surface area (TPSA) is 69.0 Å². The molecular formula is C18H15F3N4O2. The zero-order chi connectivity index (χ0) is 19.3. The molecule has 0 radical (unpaired) electrons. The molecule has 3 aromatic rings. The highest BCUT2D eigenvalue weighted by Crippen LogP contribution is 2.35. The number of amides is 1. The first-order valence-corrected chi connectivity index (χ1v) is 7.94. The number of alkyl halides is 3. The number of benzene rings is 2. The van der Waals surface area contributed by atoms with Crippen LogP contribution in [0, 0.1) is 0 Å². The zero-order valence-electron chi connectivity index (χ0n) is 14.0. The fourth-order valence-corrected chi connectivity index (χ4v) is 2.33. The van der Waals surface area contributed by atoms with Crippen LogP contribution < -0.4 is 10.1 Å². The number of ether oxygens (including phenoxy) is 1. The summed E-state index contributed by atoms with van der Waals surface area (Å²) in [5.41, 5.74) is 0.0652. The number of hydrogen-bond donors (Lipinski definition) is 1. The Kier molecular flexibility index (Phi) is 5.39. The maximum absolute atomic E-state index is 12.9. The van der Waals surface area contributed by atoms with Gasteiger partial charge in [-0.1, -0.05) is 42.5 Å². The van der Waals surface area contributed by atoms with Gasteiger partial charge in [-0.25, -0.2) is 9.67 Å². The first-order chi connectivity index (χ1) is 12.9. The van der Waals surface area contributed by atoms with Gasteiger partial charge in [-0.15, -0.1) is 5.10 Å². The standard InChI is InChI=1S/C18H15F3N4O2/c19-18(20,21)14-8-4-5-9-15(14)27-11-16(26)23-17-22-12-25(24-17)10-13-6-2-1-3-7-13/h1-9,12H,10-11H2,(H,23,24,26). The first kappa shape index (κ1) is 18.4. The average molecular weight is 376 g/mol.